The van der Waals surface area contributed by atoms with Gasteiger partial charge in [0.15, 0.2) is 0 Å². The topological polar surface area (TPSA) is 148 Å². The first-order valence-corrected chi connectivity index (χ1v) is 9.79. The van der Waals surface area contributed by atoms with E-state index in [-0.39, 0.29) is 29.3 Å². The average Bonchev–Trinajstić information content (AvgIpc) is 3.37. The molecule has 2 aromatic carbocycles. The number of nitrogens with zero attached hydrogens (tertiary/aromatic N) is 2. The quantitative estimate of drug-likeness (QED) is 0.385. The molecule has 1 heterocycles. The Balaban J connectivity index is 0.000000273. The zero-order valence-electron chi connectivity index (χ0n) is 19.1. The number of nitro benzene ring substituents is 2. The van der Waals surface area contributed by atoms with Crippen molar-refractivity contribution < 1.29 is 29.5 Å². The lowest BCUT2D eigenvalue weighted by atomic mass is 10.1. The van der Waals surface area contributed by atoms with Crippen molar-refractivity contribution in [2.75, 3.05) is 13.2 Å². The number of epoxide rings is 1. The van der Waals surface area contributed by atoms with Gasteiger partial charge in [0, 0.05) is 24.3 Å². The number of rotatable bonds is 5. The van der Waals surface area contributed by atoms with Gasteiger partial charge in [-0.2, -0.15) is 0 Å². The van der Waals surface area contributed by atoms with Gasteiger partial charge >= 0.3 is 0 Å². The van der Waals surface area contributed by atoms with Gasteiger partial charge in [-0.1, -0.05) is 0 Å². The molecule has 32 heavy (non-hydrogen) atoms. The van der Waals surface area contributed by atoms with Crippen LogP contribution in [0.3, 0.4) is 0 Å². The summed E-state index contributed by atoms with van der Waals surface area (Å²) in [6.45, 7) is 11.9. The number of phenols is 1. The molecule has 3 rings (SSSR count). The summed E-state index contributed by atoms with van der Waals surface area (Å²) in [4.78, 5) is 19.7. The van der Waals surface area contributed by atoms with Gasteiger partial charge in [0.2, 0.25) is 0 Å². The first-order valence-electron chi connectivity index (χ1n) is 9.79. The molecule has 176 valence electrons. The van der Waals surface area contributed by atoms with Crippen LogP contribution >= 0.6 is 0 Å². The molecule has 1 saturated heterocycles. The van der Waals surface area contributed by atoms with Crippen molar-refractivity contribution in [3.8, 4) is 11.5 Å². The van der Waals surface area contributed by atoms with Gasteiger partial charge in [-0.05, 0) is 64.8 Å². The number of phenolic OH excluding ortho intramolecular Hbond substituents is 1. The first-order chi connectivity index (χ1) is 14.6. The van der Waals surface area contributed by atoms with Crippen molar-refractivity contribution in [3.63, 3.8) is 0 Å². The highest BCUT2D eigenvalue weighted by atomic mass is 16.6. The normalized spacial score (nSPS) is 13.6. The van der Waals surface area contributed by atoms with Crippen molar-refractivity contribution in [2.24, 2.45) is 0 Å². The molecule has 0 radical (unpaired) electrons. The molecule has 0 spiro atoms. The Bertz CT molecular complexity index is 945. The Morgan fingerprint density at radius 1 is 1.03 bits per heavy atom. The molecule has 10 heteroatoms. The van der Waals surface area contributed by atoms with Crippen LogP contribution in [-0.2, 0) is 4.74 Å². The second kappa shape index (κ2) is 10.9. The van der Waals surface area contributed by atoms with E-state index in [1.165, 1.54) is 30.3 Å². The molecule has 0 amide bonds. The van der Waals surface area contributed by atoms with Crippen LogP contribution < -0.4 is 4.74 Å². The van der Waals surface area contributed by atoms with E-state index in [2.05, 4.69) is 13.8 Å². The third kappa shape index (κ3) is 10.2. The number of aryl methyl sites for hydroxylation is 2. The highest BCUT2D eigenvalue weighted by Crippen LogP contribution is 2.24. The number of non-ortho nitro benzene ring substituents is 2. The van der Waals surface area contributed by atoms with Crippen molar-refractivity contribution in [2.45, 2.75) is 52.7 Å². The minimum Gasteiger partial charge on any atom is -0.508 e. The Morgan fingerprint density at radius 3 is 1.81 bits per heavy atom. The number of nitro groups is 2. The van der Waals surface area contributed by atoms with Gasteiger partial charge < -0.3 is 19.7 Å². The Morgan fingerprint density at radius 2 is 1.47 bits per heavy atom. The predicted octanol–water partition coefficient (Wildman–Crippen LogP) is 4.46. The van der Waals surface area contributed by atoms with E-state index in [0.29, 0.717) is 16.9 Å². The van der Waals surface area contributed by atoms with Gasteiger partial charge in [0.1, 0.15) is 18.1 Å². The van der Waals surface area contributed by atoms with Gasteiger partial charge in [-0.25, -0.2) is 0 Å². The van der Waals surface area contributed by atoms with Gasteiger partial charge in [0.25, 0.3) is 11.4 Å². The maximum atomic E-state index is 10.5. The van der Waals surface area contributed by atoms with Crippen LogP contribution in [-0.4, -0.2) is 44.5 Å². The van der Waals surface area contributed by atoms with Crippen molar-refractivity contribution in [1.82, 2.24) is 0 Å². The maximum Gasteiger partial charge on any atom is 0.269 e. The molecule has 0 aromatic heterocycles. The molecule has 10 nitrogen and oxygen atoms in total. The molecule has 0 atom stereocenters. The number of hydrogen-bond acceptors (Lipinski definition) is 8. The summed E-state index contributed by atoms with van der Waals surface area (Å²) in [6, 6.07) is 8.27. The number of aromatic hydroxyl groups is 1. The van der Waals surface area contributed by atoms with E-state index in [1.807, 2.05) is 0 Å². The van der Waals surface area contributed by atoms with E-state index < -0.39 is 15.4 Å². The molecule has 2 N–H and O–H groups in total. The fraction of sp³-hybridized carbons (Fsp3) is 0.455. The third-order valence-electron chi connectivity index (χ3n) is 4.06. The lowest BCUT2D eigenvalue weighted by Gasteiger charge is -2.18. The van der Waals surface area contributed by atoms with Crippen molar-refractivity contribution >= 4 is 11.4 Å². The van der Waals surface area contributed by atoms with Crippen LogP contribution in [0.5, 0.6) is 11.5 Å². The summed E-state index contributed by atoms with van der Waals surface area (Å²) in [5.41, 5.74) is 0.555. The first kappa shape index (κ1) is 26.8. The highest BCUT2D eigenvalue weighted by Gasteiger charge is 2.32. The summed E-state index contributed by atoms with van der Waals surface area (Å²) < 4.78 is 10.3. The van der Waals surface area contributed by atoms with E-state index in [0.717, 1.165) is 6.61 Å². The van der Waals surface area contributed by atoms with Gasteiger partial charge in [-0.3, -0.25) is 20.2 Å². The number of hydrogen-bond donors (Lipinski definition) is 2. The summed E-state index contributed by atoms with van der Waals surface area (Å²) in [7, 11) is 0. The van der Waals surface area contributed by atoms with Crippen LogP contribution in [0.2, 0.25) is 0 Å². The Hall–Kier alpha value is -3.24. The lowest BCUT2D eigenvalue weighted by Crippen LogP contribution is -2.28. The minimum absolute atomic E-state index is 0.000278. The smallest absolute Gasteiger partial charge is 0.269 e. The summed E-state index contributed by atoms with van der Waals surface area (Å²) >= 11 is 0. The fourth-order valence-electron chi connectivity index (χ4n) is 2.06. The highest BCUT2D eigenvalue weighted by molar-refractivity contribution is 5.43. The molecular weight excluding hydrogens is 420 g/mol. The number of ether oxygens (including phenoxy) is 2. The van der Waals surface area contributed by atoms with Crippen molar-refractivity contribution in [3.05, 3.63) is 67.8 Å². The molecule has 0 unspecified atom stereocenters. The van der Waals surface area contributed by atoms with Crippen LogP contribution in [0.4, 0.5) is 11.4 Å². The fourth-order valence-corrected chi connectivity index (χ4v) is 2.06. The molecule has 1 fully saturated rings. The van der Waals surface area contributed by atoms with Crippen LogP contribution in [0.25, 0.3) is 0 Å². The zero-order chi connectivity index (χ0) is 24.7. The van der Waals surface area contributed by atoms with Crippen LogP contribution in [0, 0.1) is 34.1 Å². The average molecular weight is 450 g/mol. The molecule has 2 aromatic rings. The molecular formula is C22H30N2O8. The van der Waals surface area contributed by atoms with E-state index in [1.54, 1.807) is 33.8 Å². The lowest BCUT2D eigenvalue weighted by molar-refractivity contribution is -0.385. The third-order valence-corrected chi connectivity index (χ3v) is 4.06. The van der Waals surface area contributed by atoms with Crippen molar-refractivity contribution in [1.29, 1.82) is 0 Å². The molecule has 0 aliphatic carbocycles. The molecule has 0 saturated carbocycles. The SMILES string of the molecule is CC1(C)CO1.Cc1cc([N+](=O)[O-])ccc1O.Cc1cc([N+](=O)[O-])ccc1OCC(C)(C)O. The van der Waals surface area contributed by atoms with Gasteiger partial charge in [0.05, 0.1) is 27.7 Å². The van der Waals surface area contributed by atoms with Gasteiger partial charge in [-0.15, -0.1) is 0 Å². The van der Waals surface area contributed by atoms with E-state index >= 15 is 0 Å². The van der Waals surface area contributed by atoms with E-state index in [4.69, 9.17) is 14.6 Å². The number of benzene rings is 2. The number of aliphatic hydroxyl groups is 1. The second-order valence-corrected chi connectivity index (χ2v) is 8.58. The molecule has 1 aliphatic rings. The molecule has 0 bridgehead atoms. The zero-order valence-corrected chi connectivity index (χ0v) is 19.1. The second-order valence-electron chi connectivity index (χ2n) is 8.58. The monoisotopic (exact) mass is 450 g/mol. The largest absolute Gasteiger partial charge is 0.508 e. The van der Waals surface area contributed by atoms with E-state index in [9.17, 15) is 25.3 Å². The standard InChI is InChI=1S/C11H15NO4.C7H7NO3.C4H8O/c1-8-6-9(12(14)15)4-5-10(8)16-7-11(2,3)13;1-5-4-6(8(10)11)2-3-7(5)9;1-4(2)3-5-4/h4-6,13H,7H2,1-3H3;2-4,9H,1H3;3H2,1-2H3. The maximum absolute atomic E-state index is 10.5. The summed E-state index contributed by atoms with van der Waals surface area (Å²) in [5.74, 6) is 0.628. The summed E-state index contributed by atoms with van der Waals surface area (Å²) in [6.07, 6.45) is 0. The van der Waals surface area contributed by atoms with Crippen LogP contribution in [0.15, 0.2) is 36.4 Å². The minimum atomic E-state index is -0.922. The Labute approximate surface area is 186 Å². The predicted molar refractivity (Wildman–Crippen MR) is 119 cm³/mol. The van der Waals surface area contributed by atoms with Crippen LogP contribution in [0.1, 0.15) is 38.8 Å². The summed E-state index contributed by atoms with van der Waals surface area (Å²) in [5, 5.41) is 39.2. The molecule has 1 aliphatic heterocycles. The Kier molecular flexibility index (Phi) is 9.10.